The van der Waals surface area contributed by atoms with Gasteiger partial charge in [0.25, 0.3) is 0 Å². The lowest BCUT2D eigenvalue weighted by atomic mass is 9.82. The van der Waals surface area contributed by atoms with E-state index >= 15 is 0 Å². The van der Waals surface area contributed by atoms with Crippen molar-refractivity contribution in [3.05, 3.63) is 174 Å². The maximum atomic E-state index is 2.45. The summed E-state index contributed by atoms with van der Waals surface area (Å²) in [5, 5.41) is 2.59. The van der Waals surface area contributed by atoms with E-state index in [9.17, 15) is 0 Å². The molecule has 2 heteroatoms. The van der Waals surface area contributed by atoms with E-state index < -0.39 is 0 Å². The van der Waals surface area contributed by atoms with Crippen LogP contribution in [0.2, 0.25) is 0 Å². The Balaban J connectivity index is 1.25. The number of para-hydroxylation sites is 1. The molecule has 0 saturated carbocycles. The standard InChI is InChI=1S/C47H37NS/c1-30-14-8-9-17-35(30)40-28-32(25-24-31(40)2)36-19-12-20-38-39-21-13-23-44(46(39)49-45(36)38)48(33-15-6-5-7-16-33)34-26-27-43-41(29-34)37-18-10-11-22-42(37)47(43,3)4/h5-29H,1-4H3. The summed E-state index contributed by atoms with van der Waals surface area (Å²) in [6.45, 7) is 9.11. The predicted octanol–water partition coefficient (Wildman–Crippen LogP) is 13.8. The number of nitrogens with zero attached hydrogens (tertiary/aromatic N) is 1. The molecule has 7 aromatic carbocycles. The lowest BCUT2D eigenvalue weighted by Crippen LogP contribution is -2.15. The van der Waals surface area contributed by atoms with Gasteiger partial charge in [0.1, 0.15) is 0 Å². The molecule has 1 aliphatic carbocycles. The van der Waals surface area contributed by atoms with Gasteiger partial charge in [-0.15, -0.1) is 11.3 Å². The van der Waals surface area contributed by atoms with Gasteiger partial charge in [-0.25, -0.2) is 0 Å². The molecule has 0 atom stereocenters. The molecule has 0 N–H and O–H groups in total. The topological polar surface area (TPSA) is 3.24 Å². The van der Waals surface area contributed by atoms with Crippen LogP contribution in [0.25, 0.3) is 53.6 Å². The third-order valence-corrected chi connectivity index (χ3v) is 11.8. The average molecular weight is 648 g/mol. The Morgan fingerprint density at radius 2 is 1.10 bits per heavy atom. The third-order valence-electron chi connectivity index (χ3n) is 10.6. The van der Waals surface area contributed by atoms with Crippen LogP contribution in [0.5, 0.6) is 0 Å². The van der Waals surface area contributed by atoms with E-state index in [4.69, 9.17) is 0 Å². The molecule has 9 rings (SSSR count). The monoisotopic (exact) mass is 647 g/mol. The van der Waals surface area contributed by atoms with Crippen molar-refractivity contribution in [1.29, 1.82) is 0 Å². The van der Waals surface area contributed by atoms with Crippen molar-refractivity contribution in [2.45, 2.75) is 33.1 Å². The molecule has 0 radical (unpaired) electrons. The largest absolute Gasteiger partial charge is 0.309 e. The first-order valence-corrected chi connectivity index (χ1v) is 17.9. The Bertz CT molecular complexity index is 2550. The van der Waals surface area contributed by atoms with Crippen molar-refractivity contribution in [2.75, 3.05) is 4.90 Å². The van der Waals surface area contributed by atoms with Crippen molar-refractivity contribution in [3.63, 3.8) is 0 Å². The zero-order valence-electron chi connectivity index (χ0n) is 28.3. The molecular formula is C47H37NS. The highest BCUT2D eigenvalue weighted by Gasteiger charge is 2.35. The van der Waals surface area contributed by atoms with E-state index in [1.165, 1.54) is 87.2 Å². The van der Waals surface area contributed by atoms with Crippen LogP contribution in [0.15, 0.2) is 152 Å². The molecule has 49 heavy (non-hydrogen) atoms. The summed E-state index contributed by atoms with van der Waals surface area (Å²) in [6.07, 6.45) is 0. The second-order valence-electron chi connectivity index (χ2n) is 13.9. The van der Waals surface area contributed by atoms with Crippen LogP contribution in [0.4, 0.5) is 17.1 Å². The Labute approximate surface area is 292 Å². The fraction of sp³-hybridized carbons (Fsp3) is 0.106. The third kappa shape index (κ3) is 4.66. The average Bonchev–Trinajstić information content (AvgIpc) is 3.62. The number of benzene rings is 7. The van der Waals surface area contributed by atoms with Gasteiger partial charge in [-0.2, -0.15) is 0 Å². The van der Waals surface area contributed by atoms with Gasteiger partial charge < -0.3 is 4.90 Å². The first-order valence-electron chi connectivity index (χ1n) is 17.1. The summed E-state index contributed by atoms with van der Waals surface area (Å²) in [4.78, 5) is 2.45. The Morgan fingerprint density at radius 3 is 1.92 bits per heavy atom. The number of fused-ring (bicyclic) bond motifs is 6. The van der Waals surface area contributed by atoms with Crippen LogP contribution in [-0.2, 0) is 5.41 Å². The highest BCUT2D eigenvalue weighted by molar-refractivity contribution is 7.27. The first-order chi connectivity index (χ1) is 23.9. The van der Waals surface area contributed by atoms with E-state index in [1.54, 1.807) is 0 Å². The Hall–Kier alpha value is -5.44. The van der Waals surface area contributed by atoms with Gasteiger partial charge in [0.2, 0.25) is 0 Å². The molecule has 0 spiro atoms. The quantitative estimate of drug-likeness (QED) is 0.180. The lowest BCUT2D eigenvalue weighted by molar-refractivity contribution is 0.660. The van der Waals surface area contributed by atoms with Crippen LogP contribution >= 0.6 is 11.3 Å². The molecule has 0 saturated heterocycles. The van der Waals surface area contributed by atoms with Crippen LogP contribution < -0.4 is 4.90 Å². The van der Waals surface area contributed by atoms with Crippen LogP contribution in [0.1, 0.15) is 36.1 Å². The second-order valence-corrected chi connectivity index (χ2v) is 14.9. The number of hydrogen-bond donors (Lipinski definition) is 0. The summed E-state index contributed by atoms with van der Waals surface area (Å²) in [5.41, 5.74) is 16.7. The zero-order valence-corrected chi connectivity index (χ0v) is 29.1. The molecule has 0 bridgehead atoms. The number of thiophene rings is 1. The molecule has 0 fully saturated rings. The van der Waals surface area contributed by atoms with E-state index in [2.05, 4.69) is 184 Å². The molecule has 8 aromatic rings. The minimum absolute atomic E-state index is 0.0288. The number of aryl methyl sites for hydroxylation is 2. The van der Waals surface area contributed by atoms with Gasteiger partial charge in [0, 0.05) is 32.3 Å². The summed E-state index contributed by atoms with van der Waals surface area (Å²) in [6, 6.07) is 56.1. The minimum atomic E-state index is -0.0288. The summed E-state index contributed by atoms with van der Waals surface area (Å²) in [7, 11) is 0. The van der Waals surface area contributed by atoms with Crippen molar-refractivity contribution in [3.8, 4) is 33.4 Å². The van der Waals surface area contributed by atoms with Gasteiger partial charge >= 0.3 is 0 Å². The Morgan fingerprint density at radius 1 is 0.449 bits per heavy atom. The second kappa shape index (κ2) is 11.3. The number of anilines is 3. The minimum Gasteiger partial charge on any atom is -0.309 e. The highest BCUT2D eigenvalue weighted by Crippen LogP contribution is 2.52. The van der Waals surface area contributed by atoms with Crippen molar-refractivity contribution in [2.24, 2.45) is 0 Å². The fourth-order valence-electron chi connectivity index (χ4n) is 8.02. The molecule has 1 heterocycles. The molecule has 0 unspecified atom stereocenters. The number of rotatable bonds is 5. The fourth-order valence-corrected chi connectivity index (χ4v) is 9.35. The van der Waals surface area contributed by atoms with Gasteiger partial charge in [0.15, 0.2) is 0 Å². The highest BCUT2D eigenvalue weighted by atomic mass is 32.1. The normalized spacial score (nSPS) is 13.1. The summed E-state index contributed by atoms with van der Waals surface area (Å²) >= 11 is 1.91. The smallest absolute Gasteiger partial charge is 0.0640 e. The molecule has 0 amide bonds. The maximum absolute atomic E-state index is 2.45. The molecule has 1 nitrogen and oxygen atoms in total. The first kappa shape index (κ1) is 29.7. The van der Waals surface area contributed by atoms with Gasteiger partial charge in [-0.1, -0.05) is 129 Å². The van der Waals surface area contributed by atoms with Crippen molar-refractivity contribution in [1.82, 2.24) is 0 Å². The molecule has 236 valence electrons. The van der Waals surface area contributed by atoms with E-state index in [0.29, 0.717) is 0 Å². The molecule has 1 aromatic heterocycles. The van der Waals surface area contributed by atoms with E-state index in [1.807, 2.05) is 11.3 Å². The van der Waals surface area contributed by atoms with Crippen molar-refractivity contribution < 1.29 is 0 Å². The van der Waals surface area contributed by atoms with Gasteiger partial charge in [-0.05, 0) is 106 Å². The van der Waals surface area contributed by atoms with E-state index in [0.717, 1.165) is 5.69 Å². The van der Waals surface area contributed by atoms with Crippen LogP contribution in [-0.4, -0.2) is 0 Å². The maximum Gasteiger partial charge on any atom is 0.0640 e. The Kier molecular flexibility index (Phi) is 6.86. The summed E-state index contributed by atoms with van der Waals surface area (Å²) < 4.78 is 2.61. The summed E-state index contributed by atoms with van der Waals surface area (Å²) in [5.74, 6) is 0. The lowest BCUT2D eigenvalue weighted by Gasteiger charge is -2.27. The molecule has 0 aliphatic heterocycles. The van der Waals surface area contributed by atoms with Gasteiger partial charge in [-0.3, -0.25) is 0 Å². The SMILES string of the molecule is Cc1ccccc1-c1cc(-c2cccc3c2sc2c(N(c4ccccc4)c4ccc5c(c4)-c4ccccc4C5(C)C)cccc23)ccc1C. The molecule has 1 aliphatic rings. The van der Waals surface area contributed by atoms with Crippen LogP contribution in [0, 0.1) is 13.8 Å². The van der Waals surface area contributed by atoms with E-state index in [-0.39, 0.29) is 5.41 Å². The van der Waals surface area contributed by atoms with Crippen molar-refractivity contribution >= 4 is 48.6 Å². The van der Waals surface area contributed by atoms with Crippen LogP contribution in [0.3, 0.4) is 0 Å². The number of hydrogen-bond acceptors (Lipinski definition) is 2. The predicted molar refractivity (Wildman–Crippen MR) is 212 cm³/mol. The zero-order chi connectivity index (χ0) is 33.3. The van der Waals surface area contributed by atoms with Gasteiger partial charge in [0.05, 0.1) is 10.4 Å². The molecular weight excluding hydrogens is 611 g/mol.